The van der Waals surface area contributed by atoms with Gasteiger partial charge in [0.1, 0.15) is 0 Å². The monoisotopic (exact) mass is 224 g/mol. The Labute approximate surface area is 81.8 Å². The van der Waals surface area contributed by atoms with Crippen LogP contribution >= 0.6 is 21.6 Å². The van der Waals surface area contributed by atoms with Crippen LogP contribution < -0.4 is 0 Å². The van der Waals surface area contributed by atoms with Crippen molar-refractivity contribution in [2.45, 2.75) is 0 Å². The molecular weight excluding hydrogens is 212 g/mol. The minimum absolute atomic E-state index is 0.0568. The topological polar surface area (TPSA) is 34.1 Å². The van der Waals surface area contributed by atoms with Crippen molar-refractivity contribution in [1.29, 1.82) is 0 Å². The zero-order valence-corrected chi connectivity index (χ0v) is 9.34. The molecule has 0 spiro atoms. The van der Waals surface area contributed by atoms with Crippen molar-refractivity contribution in [3.63, 3.8) is 0 Å². The molecule has 0 bridgehead atoms. The molecule has 0 amide bonds. The summed E-state index contributed by atoms with van der Waals surface area (Å²) in [6.07, 6.45) is 5.00. The fourth-order valence-electron chi connectivity index (χ4n) is 0.528. The van der Waals surface area contributed by atoms with Crippen LogP contribution in [0.1, 0.15) is 0 Å². The van der Waals surface area contributed by atoms with E-state index in [1.807, 2.05) is 6.26 Å². The number of hydrogen-bond donors (Lipinski definition) is 0. The molecule has 0 rings (SSSR count). The third-order valence-corrected chi connectivity index (χ3v) is 3.82. The largest absolute Gasteiger partial charge is 0.228 e. The van der Waals surface area contributed by atoms with Crippen LogP contribution in [0.3, 0.4) is 0 Å². The average molecular weight is 224 g/mol. The van der Waals surface area contributed by atoms with Gasteiger partial charge in [0.05, 0.1) is 11.5 Å². The summed E-state index contributed by atoms with van der Waals surface area (Å²) in [5, 5.41) is 1.78. The van der Waals surface area contributed by atoms with Gasteiger partial charge in [0.15, 0.2) is 9.84 Å². The van der Waals surface area contributed by atoms with Gasteiger partial charge in [-0.05, 0) is 11.7 Å². The van der Waals surface area contributed by atoms with E-state index in [4.69, 9.17) is 0 Å². The normalized spacial score (nSPS) is 12.1. The second-order valence-electron chi connectivity index (χ2n) is 2.00. The maximum Gasteiger partial charge on any atom is 0.157 e. The molecule has 5 heteroatoms. The van der Waals surface area contributed by atoms with Gasteiger partial charge in [-0.15, -0.1) is 6.58 Å². The molecular formula is C7H12O2S3. The summed E-state index contributed by atoms with van der Waals surface area (Å²) >= 11 is 0. The zero-order chi connectivity index (χ0) is 9.45. The molecule has 12 heavy (non-hydrogen) atoms. The minimum atomic E-state index is -2.94. The van der Waals surface area contributed by atoms with Crippen LogP contribution in [0.4, 0.5) is 0 Å². The molecule has 0 radical (unpaired) electrons. The Morgan fingerprint density at radius 3 is 2.58 bits per heavy atom. The molecule has 0 heterocycles. The first-order valence-corrected chi connectivity index (χ1v) is 7.72. The van der Waals surface area contributed by atoms with Gasteiger partial charge >= 0.3 is 0 Å². The highest BCUT2D eigenvalue weighted by Crippen LogP contribution is 2.17. The molecule has 0 aromatic carbocycles. The maximum absolute atomic E-state index is 11.1. The Hall–Kier alpha value is 0.130. The molecule has 70 valence electrons. The van der Waals surface area contributed by atoms with Crippen LogP contribution in [0.15, 0.2) is 24.1 Å². The van der Waals surface area contributed by atoms with E-state index < -0.39 is 9.84 Å². The molecule has 2 nitrogen and oxygen atoms in total. The van der Waals surface area contributed by atoms with Crippen molar-refractivity contribution in [3.05, 3.63) is 24.1 Å². The predicted molar refractivity (Wildman–Crippen MR) is 59.1 cm³/mol. The Bertz CT molecular complexity index is 241. The molecule has 0 saturated carbocycles. The molecule has 0 aromatic rings. The Kier molecular flexibility index (Phi) is 6.70. The fourth-order valence-corrected chi connectivity index (χ4v) is 2.39. The first-order chi connectivity index (χ1) is 5.62. The van der Waals surface area contributed by atoms with Gasteiger partial charge in [0, 0.05) is 0 Å². The summed E-state index contributed by atoms with van der Waals surface area (Å²) < 4.78 is 22.1. The molecule has 0 aliphatic rings. The summed E-state index contributed by atoms with van der Waals surface area (Å²) in [7, 11) is 0.154. The van der Waals surface area contributed by atoms with Gasteiger partial charge in [0.2, 0.25) is 0 Å². The molecule has 0 N–H and O–H groups in total. The molecule has 0 saturated heterocycles. The lowest BCUT2D eigenvalue weighted by Gasteiger charge is -1.93. The second kappa shape index (κ2) is 6.62. The standard InChI is InChI=1S/C7H12O2S3/c1-3-6-12(8,9)7-4-5-11-10-2/h3-5H,1,6-7H2,2H3/b5-4-. The number of hydrogen-bond acceptors (Lipinski definition) is 4. The van der Waals surface area contributed by atoms with Crippen LogP contribution in [-0.2, 0) is 9.84 Å². The fraction of sp³-hybridized carbons (Fsp3) is 0.429. The maximum atomic E-state index is 11.1. The lowest BCUT2D eigenvalue weighted by atomic mass is 10.7. The summed E-state index contributed by atoms with van der Waals surface area (Å²) in [4.78, 5) is 0. The highest BCUT2D eigenvalue weighted by Gasteiger charge is 2.03. The molecule has 0 aliphatic carbocycles. The van der Waals surface area contributed by atoms with Crippen LogP contribution in [-0.4, -0.2) is 26.2 Å². The van der Waals surface area contributed by atoms with Crippen molar-refractivity contribution in [2.75, 3.05) is 17.8 Å². The average Bonchev–Trinajstić information content (AvgIpc) is 1.98. The van der Waals surface area contributed by atoms with Crippen LogP contribution in [0.2, 0.25) is 0 Å². The highest BCUT2D eigenvalue weighted by atomic mass is 33.1. The van der Waals surface area contributed by atoms with Crippen molar-refractivity contribution in [3.8, 4) is 0 Å². The van der Waals surface area contributed by atoms with E-state index in [0.29, 0.717) is 0 Å². The van der Waals surface area contributed by atoms with E-state index in [1.165, 1.54) is 16.9 Å². The van der Waals surface area contributed by atoms with Gasteiger partial charge < -0.3 is 0 Å². The quantitative estimate of drug-likeness (QED) is 0.511. The second-order valence-corrected chi connectivity index (χ2v) is 6.53. The summed E-state index contributed by atoms with van der Waals surface area (Å²) in [5.41, 5.74) is 0. The SMILES string of the molecule is C=CCS(=O)(=O)C/C=C\SSC. The van der Waals surface area contributed by atoms with Gasteiger partial charge in [-0.2, -0.15) is 0 Å². The van der Waals surface area contributed by atoms with Crippen molar-refractivity contribution in [1.82, 2.24) is 0 Å². The molecule has 0 aromatic heterocycles. The van der Waals surface area contributed by atoms with Crippen molar-refractivity contribution in [2.24, 2.45) is 0 Å². The smallest absolute Gasteiger partial charge is 0.157 e. The van der Waals surface area contributed by atoms with E-state index in [1.54, 1.807) is 22.3 Å². The van der Waals surface area contributed by atoms with Gasteiger partial charge in [0.25, 0.3) is 0 Å². The van der Waals surface area contributed by atoms with Crippen LogP contribution in [0.25, 0.3) is 0 Å². The van der Waals surface area contributed by atoms with Crippen LogP contribution in [0.5, 0.6) is 0 Å². The van der Waals surface area contributed by atoms with Gasteiger partial charge in [-0.25, -0.2) is 8.42 Å². The third-order valence-electron chi connectivity index (χ3n) is 0.970. The van der Waals surface area contributed by atoms with Crippen LogP contribution in [0, 0.1) is 0 Å². The number of sulfone groups is 1. The summed E-state index contributed by atoms with van der Waals surface area (Å²) in [6, 6.07) is 0. The Balaban J connectivity index is 3.83. The number of rotatable bonds is 6. The van der Waals surface area contributed by atoms with E-state index in [0.717, 1.165) is 0 Å². The van der Waals surface area contributed by atoms with Crippen molar-refractivity contribution >= 4 is 31.4 Å². The lowest BCUT2D eigenvalue weighted by Crippen LogP contribution is -2.06. The lowest BCUT2D eigenvalue weighted by molar-refractivity contribution is 0.602. The van der Waals surface area contributed by atoms with E-state index in [2.05, 4.69) is 6.58 Å². The Morgan fingerprint density at radius 2 is 2.08 bits per heavy atom. The van der Waals surface area contributed by atoms with E-state index in [-0.39, 0.29) is 11.5 Å². The first kappa shape index (κ1) is 12.1. The predicted octanol–water partition coefficient (Wildman–Crippen LogP) is 2.11. The van der Waals surface area contributed by atoms with E-state index >= 15 is 0 Å². The van der Waals surface area contributed by atoms with Gasteiger partial charge in [-0.1, -0.05) is 33.7 Å². The molecule has 0 atom stereocenters. The third kappa shape index (κ3) is 6.82. The summed E-state index contributed by atoms with van der Waals surface area (Å²) in [6.45, 7) is 3.38. The summed E-state index contributed by atoms with van der Waals surface area (Å²) in [5.74, 6) is 0.161. The minimum Gasteiger partial charge on any atom is -0.228 e. The highest BCUT2D eigenvalue weighted by molar-refractivity contribution is 8.77. The Morgan fingerprint density at radius 1 is 1.42 bits per heavy atom. The molecule has 0 fully saturated rings. The molecule has 0 aliphatic heterocycles. The van der Waals surface area contributed by atoms with E-state index in [9.17, 15) is 8.42 Å². The zero-order valence-electron chi connectivity index (χ0n) is 6.89. The van der Waals surface area contributed by atoms with Gasteiger partial charge in [-0.3, -0.25) is 0 Å². The first-order valence-electron chi connectivity index (χ1n) is 3.28. The molecule has 0 unspecified atom stereocenters. The van der Waals surface area contributed by atoms with Crippen molar-refractivity contribution < 1.29 is 8.42 Å².